The van der Waals surface area contributed by atoms with Crippen molar-refractivity contribution in [3.63, 3.8) is 0 Å². The maximum Gasteiger partial charge on any atom is 0.253 e. The molecule has 0 bridgehead atoms. The number of anilines is 1. The van der Waals surface area contributed by atoms with Crippen LogP contribution in [0, 0.1) is 0 Å². The fourth-order valence-corrected chi connectivity index (χ4v) is 2.29. The highest BCUT2D eigenvalue weighted by atomic mass is 16.6. The average Bonchev–Trinajstić information content (AvgIpc) is 2.60. The average molecular weight is 339 g/mol. The standard InChI is InChI=1S/C17H25NO6/c1-20-14-17(19)18-6-7-21-8-9-22-10-11-23-12-13-24-16-5-3-2-4-15(16)18/h2-5H,6-14H2,1H3. The Labute approximate surface area is 142 Å². The summed E-state index contributed by atoms with van der Waals surface area (Å²) in [6, 6.07) is 7.43. The molecule has 7 heteroatoms. The highest BCUT2D eigenvalue weighted by molar-refractivity contribution is 5.95. The maximum atomic E-state index is 12.4. The zero-order valence-corrected chi connectivity index (χ0v) is 14.1. The first-order valence-electron chi connectivity index (χ1n) is 8.07. The lowest BCUT2D eigenvalue weighted by Gasteiger charge is -2.24. The first kappa shape index (κ1) is 18.7. The molecule has 1 heterocycles. The highest BCUT2D eigenvalue weighted by Crippen LogP contribution is 2.28. The van der Waals surface area contributed by atoms with Crippen molar-refractivity contribution in [1.29, 1.82) is 0 Å². The molecular formula is C17H25NO6. The molecule has 0 fully saturated rings. The van der Waals surface area contributed by atoms with Gasteiger partial charge in [0.25, 0.3) is 5.91 Å². The van der Waals surface area contributed by atoms with Crippen molar-refractivity contribution in [1.82, 2.24) is 0 Å². The Morgan fingerprint density at radius 2 is 1.62 bits per heavy atom. The molecule has 1 aliphatic rings. The van der Waals surface area contributed by atoms with Gasteiger partial charge < -0.3 is 28.6 Å². The van der Waals surface area contributed by atoms with E-state index in [-0.39, 0.29) is 12.5 Å². The molecule has 7 nitrogen and oxygen atoms in total. The van der Waals surface area contributed by atoms with Crippen LogP contribution in [0.3, 0.4) is 0 Å². The quantitative estimate of drug-likeness (QED) is 0.804. The predicted molar refractivity (Wildman–Crippen MR) is 88.6 cm³/mol. The van der Waals surface area contributed by atoms with Gasteiger partial charge in [0.15, 0.2) is 0 Å². The summed E-state index contributed by atoms with van der Waals surface area (Å²) in [5.74, 6) is 0.491. The van der Waals surface area contributed by atoms with Gasteiger partial charge in [0, 0.05) is 13.7 Å². The number of ether oxygens (including phenoxy) is 5. The minimum Gasteiger partial charge on any atom is -0.489 e. The Balaban J connectivity index is 2.13. The van der Waals surface area contributed by atoms with Gasteiger partial charge in [-0.05, 0) is 12.1 Å². The summed E-state index contributed by atoms with van der Waals surface area (Å²) < 4.78 is 27.1. The molecule has 134 valence electrons. The van der Waals surface area contributed by atoms with E-state index in [1.807, 2.05) is 24.3 Å². The monoisotopic (exact) mass is 339 g/mol. The fraction of sp³-hybridized carbons (Fsp3) is 0.588. The number of amides is 1. The van der Waals surface area contributed by atoms with Crippen LogP contribution >= 0.6 is 0 Å². The molecule has 1 aromatic rings. The maximum absolute atomic E-state index is 12.4. The minimum atomic E-state index is -0.144. The summed E-state index contributed by atoms with van der Waals surface area (Å²) >= 11 is 0. The topological polar surface area (TPSA) is 66.5 Å². The normalized spacial score (nSPS) is 18.0. The number of nitrogens with zero attached hydrogens (tertiary/aromatic N) is 1. The minimum absolute atomic E-state index is 0.000552. The number of hydrogen-bond donors (Lipinski definition) is 0. The summed E-state index contributed by atoms with van der Waals surface area (Å²) in [6.07, 6.45) is 0. The third-order valence-corrected chi connectivity index (χ3v) is 3.41. The number of fused-ring (bicyclic) bond motifs is 1. The van der Waals surface area contributed by atoms with Crippen molar-refractivity contribution in [3.8, 4) is 5.75 Å². The van der Waals surface area contributed by atoms with Crippen molar-refractivity contribution < 1.29 is 28.5 Å². The van der Waals surface area contributed by atoms with E-state index in [4.69, 9.17) is 23.7 Å². The van der Waals surface area contributed by atoms with Gasteiger partial charge in [-0.15, -0.1) is 0 Å². The lowest BCUT2D eigenvalue weighted by Crippen LogP contribution is -2.37. The molecule has 0 unspecified atom stereocenters. The molecule has 24 heavy (non-hydrogen) atoms. The van der Waals surface area contributed by atoms with Crippen LogP contribution in [0.15, 0.2) is 24.3 Å². The van der Waals surface area contributed by atoms with E-state index in [2.05, 4.69) is 0 Å². The van der Waals surface area contributed by atoms with Crippen LogP contribution in [0.1, 0.15) is 0 Å². The molecule has 0 spiro atoms. The number of para-hydroxylation sites is 2. The van der Waals surface area contributed by atoms with Crippen LogP contribution in [-0.4, -0.2) is 72.4 Å². The third-order valence-electron chi connectivity index (χ3n) is 3.41. The number of carbonyl (C=O) groups is 1. The van der Waals surface area contributed by atoms with E-state index >= 15 is 0 Å². The fourth-order valence-electron chi connectivity index (χ4n) is 2.29. The van der Waals surface area contributed by atoms with Crippen LogP contribution < -0.4 is 9.64 Å². The van der Waals surface area contributed by atoms with Gasteiger partial charge in [-0.2, -0.15) is 0 Å². The predicted octanol–water partition coefficient (Wildman–Crippen LogP) is 1.11. The van der Waals surface area contributed by atoms with Gasteiger partial charge in [0.2, 0.25) is 0 Å². The molecule has 1 amide bonds. The lowest BCUT2D eigenvalue weighted by atomic mass is 10.2. The number of benzene rings is 1. The van der Waals surface area contributed by atoms with Crippen LogP contribution in [0.25, 0.3) is 0 Å². The zero-order chi connectivity index (χ0) is 17.0. The first-order valence-corrected chi connectivity index (χ1v) is 8.07. The second kappa shape index (κ2) is 11.0. The van der Waals surface area contributed by atoms with E-state index in [1.54, 1.807) is 4.90 Å². The Morgan fingerprint density at radius 3 is 2.33 bits per heavy atom. The second-order valence-electron chi connectivity index (χ2n) is 5.13. The van der Waals surface area contributed by atoms with E-state index in [0.29, 0.717) is 64.2 Å². The Morgan fingerprint density at radius 1 is 1.00 bits per heavy atom. The Hall–Kier alpha value is -1.67. The van der Waals surface area contributed by atoms with Crippen molar-refractivity contribution >= 4 is 11.6 Å². The Bertz CT molecular complexity index is 496. The van der Waals surface area contributed by atoms with Gasteiger partial charge in [-0.25, -0.2) is 0 Å². The van der Waals surface area contributed by atoms with Crippen LogP contribution in [0.2, 0.25) is 0 Å². The number of methoxy groups -OCH3 is 1. The van der Waals surface area contributed by atoms with Gasteiger partial charge in [-0.1, -0.05) is 12.1 Å². The molecule has 0 saturated heterocycles. The van der Waals surface area contributed by atoms with Gasteiger partial charge in [0.1, 0.15) is 19.0 Å². The van der Waals surface area contributed by atoms with Crippen molar-refractivity contribution in [2.75, 3.05) is 71.4 Å². The summed E-state index contributed by atoms with van der Waals surface area (Å²) in [7, 11) is 1.50. The van der Waals surface area contributed by atoms with Crippen molar-refractivity contribution in [2.45, 2.75) is 0 Å². The third kappa shape index (κ3) is 6.09. The molecule has 0 aromatic heterocycles. The van der Waals surface area contributed by atoms with Gasteiger partial charge in [-0.3, -0.25) is 4.79 Å². The Kier molecular flexibility index (Phi) is 8.54. The van der Waals surface area contributed by atoms with Gasteiger partial charge >= 0.3 is 0 Å². The van der Waals surface area contributed by atoms with Crippen molar-refractivity contribution in [3.05, 3.63) is 24.3 Å². The summed E-state index contributed by atoms with van der Waals surface area (Å²) in [5, 5.41) is 0. The smallest absolute Gasteiger partial charge is 0.253 e. The molecule has 2 rings (SSSR count). The summed E-state index contributed by atoms with van der Waals surface area (Å²) in [5.41, 5.74) is 0.703. The molecule has 0 saturated carbocycles. The van der Waals surface area contributed by atoms with Crippen molar-refractivity contribution in [2.24, 2.45) is 0 Å². The molecule has 0 atom stereocenters. The van der Waals surface area contributed by atoms with Crippen LogP contribution in [-0.2, 0) is 23.7 Å². The van der Waals surface area contributed by atoms with Crippen LogP contribution in [0.5, 0.6) is 5.75 Å². The number of carbonyl (C=O) groups excluding carboxylic acids is 1. The van der Waals surface area contributed by atoms with E-state index in [1.165, 1.54) is 7.11 Å². The SMILES string of the molecule is COCC(=O)N1CCOCCOCCOCCOc2ccccc21. The lowest BCUT2D eigenvalue weighted by molar-refractivity contribution is -0.122. The molecule has 0 aliphatic carbocycles. The molecule has 1 aromatic carbocycles. The molecule has 0 radical (unpaired) electrons. The largest absolute Gasteiger partial charge is 0.489 e. The zero-order valence-electron chi connectivity index (χ0n) is 14.1. The summed E-state index contributed by atoms with van der Waals surface area (Å²) in [6.45, 7) is 3.71. The molecule has 0 N–H and O–H groups in total. The van der Waals surface area contributed by atoms with Gasteiger partial charge in [0.05, 0.1) is 45.3 Å². The van der Waals surface area contributed by atoms with E-state index in [9.17, 15) is 4.79 Å². The second-order valence-corrected chi connectivity index (χ2v) is 5.13. The molecule has 1 aliphatic heterocycles. The summed E-state index contributed by atoms with van der Waals surface area (Å²) in [4.78, 5) is 14.0. The number of rotatable bonds is 2. The number of hydrogen-bond acceptors (Lipinski definition) is 6. The first-order chi connectivity index (χ1) is 11.8. The van der Waals surface area contributed by atoms with E-state index < -0.39 is 0 Å². The van der Waals surface area contributed by atoms with Crippen LogP contribution in [0.4, 0.5) is 5.69 Å². The highest BCUT2D eigenvalue weighted by Gasteiger charge is 2.19. The van der Waals surface area contributed by atoms with E-state index in [0.717, 1.165) is 0 Å². The molecular weight excluding hydrogens is 314 g/mol.